The molecular formula is C40H57ClN5O9. The zero-order chi connectivity index (χ0) is 39.8. The number of hydrogen-bond acceptors (Lipinski definition) is 8. The van der Waals surface area contributed by atoms with Crippen LogP contribution in [0.1, 0.15) is 123 Å². The molecule has 303 valence electrons. The number of methoxy groups -OCH3 is 1. The Morgan fingerprint density at radius 1 is 1.04 bits per heavy atom. The van der Waals surface area contributed by atoms with Crippen LogP contribution in [0, 0.1) is 23.3 Å². The number of aromatic nitrogens is 2. The number of carboxylic acid groups (broad SMARTS) is 2. The number of aliphatic carboxylic acids is 1. The highest BCUT2D eigenvalue weighted by molar-refractivity contribution is 6.32. The second-order valence-electron chi connectivity index (χ2n) is 14.8. The van der Waals surface area contributed by atoms with Crippen molar-refractivity contribution in [2.75, 3.05) is 40.0 Å². The van der Waals surface area contributed by atoms with Gasteiger partial charge in [-0.25, -0.2) is 9.78 Å². The van der Waals surface area contributed by atoms with Crippen molar-refractivity contribution < 1.29 is 43.7 Å². The van der Waals surface area contributed by atoms with Crippen LogP contribution in [0.25, 0.3) is 0 Å². The lowest BCUT2D eigenvalue weighted by Crippen LogP contribution is -2.48. The van der Waals surface area contributed by atoms with Crippen LogP contribution in [-0.4, -0.2) is 95.5 Å². The van der Waals surface area contributed by atoms with Crippen LogP contribution in [0.2, 0.25) is 5.15 Å². The summed E-state index contributed by atoms with van der Waals surface area (Å²) in [5.41, 5.74) is 0.225. The van der Waals surface area contributed by atoms with Crippen molar-refractivity contribution in [3.63, 3.8) is 0 Å². The molecule has 14 nitrogen and oxygen atoms in total. The van der Waals surface area contributed by atoms with E-state index in [1.807, 2.05) is 0 Å². The summed E-state index contributed by atoms with van der Waals surface area (Å²) in [5.74, 6) is -2.78. The number of carbonyl (C=O) groups excluding carboxylic acids is 3. The lowest BCUT2D eigenvalue weighted by atomic mass is 9.76. The second kappa shape index (κ2) is 21.9. The molecule has 1 aromatic heterocycles. The Labute approximate surface area is 328 Å². The lowest BCUT2D eigenvalue weighted by Gasteiger charge is -2.34. The molecule has 55 heavy (non-hydrogen) atoms. The van der Waals surface area contributed by atoms with Gasteiger partial charge in [-0.2, -0.15) is 0 Å². The van der Waals surface area contributed by atoms with Gasteiger partial charge in [0.1, 0.15) is 11.5 Å². The first-order chi connectivity index (χ1) is 26.5. The Kier molecular flexibility index (Phi) is 17.4. The Bertz CT molecular complexity index is 1600. The van der Waals surface area contributed by atoms with E-state index in [1.54, 1.807) is 23.8 Å². The molecule has 1 heterocycles. The predicted molar refractivity (Wildman–Crippen MR) is 205 cm³/mol. The molecule has 5 N–H and O–H groups in total. The van der Waals surface area contributed by atoms with E-state index in [4.69, 9.17) is 21.1 Å². The molecule has 2 fully saturated rings. The number of carboxylic acids is 2. The van der Waals surface area contributed by atoms with Crippen LogP contribution in [0.15, 0.2) is 18.2 Å². The monoisotopic (exact) mass is 786 g/mol. The largest absolute Gasteiger partial charge is 0.481 e. The van der Waals surface area contributed by atoms with Gasteiger partial charge in [0.2, 0.25) is 11.8 Å². The molecule has 2 aliphatic carbocycles. The molecule has 1 atom stereocenters. The van der Waals surface area contributed by atoms with Gasteiger partial charge in [-0.3, -0.25) is 19.2 Å². The van der Waals surface area contributed by atoms with E-state index in [0.29, 0.717) is 95.5 Å². The number of hydrogen-bond donors (Lipinski definition) is 5. The molecule has 0 aliphatic heterocycles. The van der Waals surface area contributed by atoms with Gasteiger partial charge in [0.15, 0.2) is 5.15 Å². The van der Waals surface area contributed by atoms with Gasteiger partial charge in [-0.05, 0) is 81.9 Å². The average molecular weight is 787 g/mol. The first-order valence-corrected chi connectivity index (χ1v) is 20.0. The quantitative estimate of drug-likeness (QED) is 0.0952. The van der Waals surface area contributed by atoms with Crippen LogP contribution in [0.4, 0.5) is 0 Å². The molecule has 15 heteroatoms. The molecule has 1 unspecified atom stereocenters. The first-order valence-electron chi connectivity index (χ1n) is 19.6. The van der Waals surface area contributed by atoms with Crippen molar-refractivity contribution in [1.82, 2.24) is 25.5 Å². The highest BCUT2D eigenvalue weighted by atomic mass is 35.5. The normalized spacial score (nSPS) is 18.4. The molecule has 2 aliphatic rings. The van der Waals surface area contributed by atoms with Gasteiger partial charge < -0.3 is 40.2 Å². The van der Waals surface area contributed by atoms with Crippen molar-refractivity contribution in [1.29, 1.82) is 0 Å². The molecular weight excluding hydrogens is 730 g/mol. The van der Waals surface area contributed by atoms with Gasteiger partial charge in [0, 0.05) is 45.1 Å². The molecule has 2 aromatic rings. The van der Waals surface area contributed by atoms with Crippen molar-refractivity contribution in [2.24, 2.45) is 17.3 Å². The number of unbranched alkanes of at least 4 members (excludes halogenated alkanes) is 2. The Morgan fingerprint density at radius 3 is 2.40 bits per heavy atom. The van der Waals surface area contributed by atoms with Gasteiger partial charge in [-0.15, -0.1) is 0 Å². The summed E-state index contributed by atoms with van der Waals surface area (Å²) < 4.78 is 12.2. The molecule has 2 saturated carbocycles. The Hall–Kier alpha value is -4.01. The van der Waals surface area contributed by atoms with Crippen molar-refractivity contribution in [3.05, 3.63) is 52.1 Å². The Morgan fingerprint density at radius 2 is 1.75 bits per heavy atom. The number of aromatic carboxylic acids is 1. The summed E-state index contributed by atoms with van der Waals surface area (Å²) >= 11 is 6.48. The predicted octanol–water partition coefficient (Wildman–Crippen LogP) is 5.04. The maximum atomic E-state index is 13.6. The SMILES string of the molecule is CCCCc1nc(Cl)c(C(=O)NCCCCNC(=O)C2CCC(NC(=O)C3(CC(COCCOC)C(=O)O)CCCC3)CC2)n1Cc1cc[c]c(C(=O)O)c1. The number of ether oxygens (including phenoxy) is 2. The molecule has 4 rings (SSSR count). The van der Waals surface area contributed by atoms with E-state index in [9.17, 15) is 34.2 Å². The third-order valence-corrected chi connectivity index (χ3v) is 11.1. The topological polar surface area (TPSA) is 198 Å². The van der Waals surface area contributed by atoms with Crippen LogP contribution in [0.5, 0.6) is 0 Å². The van der Waals surface area contributed by atoms with Gasteiger partial charge >= 0.3 is 11.9 Å². The molecule has 0 bridgehead atoms. The van der Waals surface area contributed by atoms with Gasteiger partial charge in [0.05, 0.1) is 36.7 Å². The van der Waals surface area contributed by atoms with Gasteiger partial charge in [0.25, 0.3) is 5.91 Å². The van der Waals surface area contributed by atoms with Gasteiger partial charge in [-0.1, -0.05) is 49.9 Å². The maximum absolute atomic E-state index is 13.6. The third-order valence-electron chi connectivity index (χ3n) is 10.8. The van der Waals surface area contributed by atoms with E-state index < -0.39 is 23.3 Å². The standard InChI is InChI=1S/C40H57ClN5O9/c1-3-4-12-32-45-34(41)33(46(32)25-27-10-9-11-29(23-27)37(49)50)36(48)43-20-8-7-19-42-35(47)28-13-15-31(16-14-28)44-39(53)40(17-5-6-18-40)24-30(38(51)52)26-55-22-21-54-2/h9-10,23,28,30-31H,3-8,12-22,24-26H2,1-2H3,(H,42,47)(H,43,48)(H,44,53)(H,49,50)(H,51,52). The van der Waals surface area contributed by atoms with Crippen molar-refractivity contribution >= 4 is 41.3 Å². The van der Waals surface area contributed by atoms with E-state index in [-0.39, 0.29) is 65.7 Å². The van der Waals surface area contributed by atoms with E-state index in [0.717, 1.165) is 25.7 Å². The highest BCUT2D eigenvalue weighted by Gasteiger charge is 2.45. The number of rotatable bonds is 23. The molecule has 0 saturated heterocycles. The maximum Gasteiger partial charge on any atom is 0.336 e. The average Bonchev–Trinajstić information content (AvgIpc) is 3.77. The number of imidazole rings is 1. The van der Waals surface area contributed by atoms with E-state index in [1.165, 1.54) is 6.07 Å². The summed E-state index contributed by atoms with van der Waals surface area (Å²) in [5, 5.41) is 28.5. The fraction of sp³-hybridized carbons (Fsp3) is 0.650. The molecule has 1 aromatic carbocycles. The van der Waals surface area contributed by atoms with Crippen LogP contribution in [0.3, 0.4) is 0 Å². The number of aryl methyl sites for hydroxylation is 1. The minimum Gasteiger partial charge on any atom is -0.481 e. The van der Waals surface area contributed by atoms with Crippen LogP contribution >= 0.6 is 11.6 Å². The fourth-order valence-electron chi connectivity index (χ4n) is 7.66. The van der Waals surface area contributed by atoms with E-state index >= 15 is 0 Å². The highest BCUT2D eigenvalue weighted by Crippen LogP contribution is 2.44. The van der Waals surface area contributed by atoms with Crippen LogP contribution in [-0.2, 0) is 36.8 Å². The number of benzene rings is 1. The molecule has 0 spiro atoms. The van der Waals surface area contributed by atoms with Crippen LogP contribution < -0.4 is 16.0 Å². The summed E-state index contributed by atoms with van der Waals surface area (Å²) in [6, 6.07) is 7.46. The smallest absolute Gasteiger partial charge is 0.336 e. The summed E-state index contributed by atoms with van der Waals surface area (Å²) in [4.78, 5) is 67.9. The minimum atomic E-state index is -1.08. The number of nitrogens with one attached hydrogen (secondary N) is 3. The van der Waals surface area contributed by atoms with Crippen molar-refractivity contribution in [2.45, 2.75) is 109 Å². The Balaban J connectivity index is 1.19. The van der Waals surface area contributed by atoms with Crippen molar-refractivity contribution in [3.8, 4) is 0 Å². The number of nitrogens with zero attached hydrogens (tertiary/aromatic N) is 2. The summed E-state index contributed by atoms with van der Waals surface area (Å²) in [7, 11) is 1.55. The van der Waals surface area contributed by atoms with E-state index in [2.05, 4.69) is 33.9 Å². The number of carbonyl (C=O) groups is 5. The minimum absolute atomic E-state index is 0.0151. The zero-order valence-corrected chi connectivity index (χ0v) is 32.9. The number of amides is 3. The fourth-order valence-corrected chi connectivity index (χ4v) is 7.95. The lowest BCUT2D eigenvalue weighted by molar-refractivity contribution is -0.147. The number of halogens is 1. The molecule has 3 amide bonds. The third kappa shape index (κ3) is 12.8. The first kappa shape index (κ1) is 43.7. The zero-order valence-electron chi connectivity index (χ0n) is 32.1. The summed E-state index contributed by atoms with van der Waals surface area (Å²) in [6.45, 7) is 3.83. The second-order valence-corrected chi connectivity index (χ2v) is 15.2. The summed E-state index contributed by atoms with van der Waals surface area (Å²) in [6.07, 6.45) is 9.66. The molecule has 1 radical (unpaired) electrons.